The Labute approximate surface area is 237 Å². The van der Waals surface area contributed by atoms with E-state index in [1.54, 1.807) is 30.3 Å². The quantitative estimate of drug-likeness (QED) is 0.0819. The van der Waals surface area contributed by atoms with E-state index in [2.05, 4.69) is 23.5 Å². The Morgan fingerprint density at radius 3 is 1.86 bits per heavy atom. The predicted octanol–water partition coefficient (Wildman–Crippen LogP) is 9.84. The number of aryl methyl sites for hydroxylation is 1. The minimum absolute atomic E-state index is 0.117. The molecule has 1 nitrogen and oxygen atoms in total. The van der Waals surface area contributed by atoms with Crippen LogP contribution in [0.25, 0.3) is 11.1 Å². The average Bonchev–Trinajstić information content (AvgIpc) is 2.92. The maximum atomic E-state index is 14.7. The number of alkyl halides is 2. The topological polar surface area (TPSA) is 9.23 Å². The third kappa shape index (κ3) is 7.30. The molecule has 0 radical (unpaired) electrons. The molecule has 0 aliphatic carbocycles. The van der Waals surface area contributed by atoms with Gasteiger partial charge in [0.05, 0.1) is 0 Å². The van der Waals surface area contributed by atoms with Crippen LogP contribution in [0.15, 0.2) is 66.7 Å². The van der Waals surface area contributed by atoms with Crippen molar-refractivity contribution in [3.8, 4) is 28.7 Å². The fourth-order valence-corrected chi connectivity index (χ4v) is 4.30. The lowest BCUT2D eigenvalue weighted by molar-refractivity contribution is -0.189. The number of hydrogen-bond donors (Lipinski definition) is 0. The summed E-state index contributed by atoms with van der Waals surface area (Å²) in [7, 11) is 0. The first-order valence-electron chi connectivity index (χ1n) is 13.1. The molecule has 0 fully saturated rings. The zero-order valence-corrected chi connectivity index (χ0v) is 22.3. The van der Waals surface area contributed by atoms with Gasteiger partial charge in [-0.1, -0.05) is 62.3 Å². The standard InChI is InChI=1S/C33H24F8O/c1-2-3-4-5-6-21-11-14-25(26(34)15-21)23-12-9-20(10-13-23)7-8-22-16-27(35)31(28(36)17-22)33(40,41)42-24-18-29(37)32(39)30(38)19-24/h9-19H,2-6H2,1H3. The highest BCUT2D eigenvalue weighted by molar-refractivity contribution is 5.65. The maximum absolute atomic E-state index is 14.7. The number of ether oxygens (including phenoxy) is 1. The van der Waals surface area contributed by atoms with Crippen molar-refractivity contribution in [2.75, 3.05) is 0 Å². The van der Waals surface area contributed by atoms with Gasteiger partial charge >= 0.3 is 6.11 Å². The molecule has 0 aliphatic heterocycles. The molecule has 4 rings (SSSR count). The van der Waals surface area contributed by atoms with Gasteiger partial charge in [0.25, 0.3) is 0 Å². The van der Waals surface area contributed by atoms with E-state index in [9.17, 15) is 35.1 Å². The van der Waals surface area contributed by atoms with Gasteiger partial charge in [-0.15, -0.1) is 0 Å². The lowest BCUT2D eigenvalue weighted by atomic mass is 9.99. The van der Waals surface area contributed by atoms with Crippen LogP contribution in [-0.4, -0.2) is 0 Å². The highest BCUT2D eigenvalue weighted by Crippen LogP contribution is 2.36. The molecule has 0 aliphatic rings. The van der Waals surface area contributed by atoms with Crippen molar-refractivity contribution in [3.63, 3.8) is 0 Å². The van der Waals surface area contributed by atoms with Gasteiger partial charge in [-0.25, -0.2) is 26.3 Å². The van der Waals surface area contributed by atoms with E-state index in [1.165, 1.54) is 6.07 Å². The van der Waals surface area contributed by atoms with Crippen molar-refractivity contribution in [2.24, 2.45) is 0 Å². The SMILES string of the molecule is CCCCCCc1ccc(-c2ccc(C#Cc3cc(F)c(C(F)(F)Oc4cc(F)c(F)c(F)c4)c(F)c3)cc2)c(F)c1. The lowest BCUT2D eigenvalue weighted by Crippen LogP contribution is -2.25. The molecular weight excluding hydrogens is 564 g/mol. The van der Waals surface area contributed by atoms with Gasteiger partial charge in [-0.3, -0.25) is 0 Å². The Balaban J connectivity index is 1.48. The van der Waals surface area contributed by atoms with Crippen LogP contribution < -0.4 is 4.74 Å². The molecule has 0 bridgehead atoms. The summed E-state index contributed by atoms with van der Waals surface area (Å²) in [6.45, 7) is 2.12. The van der Waals surface area contributed by atoms with Crippen molar-refractivity contribution in [1.29, 1.82) is 0 Å². The molecule has 42 heavy (non-hydrogen) atoms. The molecule has 0 amide bonds. The van der Waals surface area contributed by atoms with Crippen LogP contribution in [0, 0.1) is 46.7 Å². The molecule has 0 unspecified atom stereocenters. The molecule has 0 spiro atoms. The molecule has 218 valence electrons. The minimum atomic E-state index is -4.70. The van der Waals surface area contributed by atoms with Crippen LogP contribution in [0.5, 0.6) is 5.75 Å². The van der Waals surface area contributed by atoms with E-state index in [-0.39, 0.29) is 23.5 Å². The zero-order valence-electron chi connectivity index (χ0n) is 22.3. The van der Waals surface area contributed by atoms with E-state index < -0.39 is 46.5 Å². The van der Waals surface area contributed by atoms with E-state index in [1.807, 2.05) is 6.07 Å². The number of benzene rings is 4. The van der Waals surface area contributed by atoms with Crippen molar-refractivity contribution in [3.05, 3.63) is 124 Å². The molecule has 0 aromatic heterocycles. The molecule has 4 aromatic carbocycles. The van der Waals surface area contributed by atoms with Crippen molar-refractivity contribution < 1.29 is 39.9 Å². The summed E-state index contributed by atoms with van der Waals surface area (Å²) in [5, 5.41) is 0. The molecule has 0 N–H and O–H groups in total. The minimum Gasteiger partial charge on any atom is -0.429 e. The predicted molar refractivity (Wildman–Crippen MR) is 143 cm³/mol. The van der Waals surface area contributed by atoms with E-state index >= 15 is 0 Å². The molecule has 0 saturated heterocycles. The van der Waals surface area contributed by atoms with Crippen molar-refractivity contribution in [1.82, 2.24) is 0 Å². The van der Waals surface area contributed by atoms with Crippen LogP contribution >= 0.6 is 0 Å². The van der Waals surface area contributed by atoms with Gasteiger partial charge in [0, 0.05) is 28.8 Å². The second-order valence-corrected chi connectivity index (χ2v) is 9.59. The Hall–Kier alpha value is -4.32. The number of hydrogen-bond acceptors (Lipinski definition) is 1. The summed E-state index contributed by atoms with van der Waals surface area (Å²) in [6.07, 6.45) is 0.444. The highest BCUT2D eigenvalue weighted by Gasteiger charge is 2.41. The monoisotopic (exact) mass is 588 g/mol. The third-order valence-electron chi connectivity index (χ3n) is 6.44. The van der Waals surface area contributed by atoms with Crippen LogP contribution in [0.2, 0.25) is 0 Å². The van der Waals surface area contributed by atoms with Gasteiger partial charge in [-0.2, -0.15) is 8.78 Å². The van der Waals surface area contributed by atoms with Crippen LogP contribution in [0.4, 0.5) is 35.1 Å². The average molecular weight is 589 g/mol. The summed E-state index contributed by atoms with van der Waals surface area (Å²) >= 11 is 0. The van der Waals surface area contributed by atoms with E-state index in [0.29, 0.717) is 28.8 Å². The number of rotatable bonds is 9. The smallest absolute Gasteiger partial charge is 0.429 e. The van der Waals surface area contributed by atoms with Crippen LogP contribution in [0.3, 0.4) is 0 Å². The Morgan fingerprint density at radius 2 is 1.26 bits per heavy atom. The first kappa shape index (κ1) is 30.6. The molecule has 0 atom stereocenters. The Morgan fingerprint density at radius 1 is 0.643 bits per heavy atom. The first-order chi connectivity index (χ1) is 20.0. The molecular formula is C33H24F8O. The summed E-state index contributed by atoms with van der Waals surface area (Å²) < 4.78 is 117. The summed E-state index contributed by atoms with van der Waals surface area (Å²) in [6, 6.07) is 12.8. The maximum Gasteiger partial charge on any atom is 0.432 e. The summed E-state index contributed by atoms with van der Waals surface area (Å²) in [5.41, 5.74) is 0.221. The number of unbranched alkanes of at least 4 members (excludes halogenated alkanes) is 3. The van der Waals surface area contributed by atoms with E-state index in [4.69, 9.17) is 0 Å². The molecule has 0 heterocycles. The molecule has 9 heteroatoms. The van der Waals surface area contributed by atoms with Gasteiger partial charge in [0.15, 0.2) is 17.5 Å². The van der Waals surface area contributed by atoms with Crippen molar-refractivity contribution in [2.45, 2.75) is 45.1 Å². The van der Waals surface area contributed by atoms with Crippen LogP contribution in [0.1, 0.15) is 54.9 Å². The number of halogens is 8. The second-order valence-electron chi connectivity index (χ2n) is 9.59. The van der Waals surface area contributed by atoms with E-state index in [0.717, 1.165) is 37.7 Å². The zero-order chi connectivity index (χ0) is 30.4. The lowest BCUT2D eigenvalue weighted by Gasteiger charge is -2.19. The molecule has 0 saturated carbocycles. The van der Waals surface area contributed by atoms with Gasteiger partial charge in [0.1, 0.15) is 28.8 Å². The van der Waals surface area contributed by atoms with Gasteiger partial charge in [-0.05, 0) is 54.3 Å². The Kier molecular flexibility index (Phi) is 9.56. The third-order valence-corrected chi connectivity index (χ3v) is 6.44. The fraction of sp³-hybridized carbons (Fsp3) is 0.212. The van der Waals surface area contributed by atoms with Gasteiger partial charge < -0.3 is 4.74 Å². The fourth-order valence-electron chi connectivity index (χ4n) is 4.30. The molecule has 4 aromatic rings. The Bertz CT molecular complexity index is 1590. The highest BCUT2D eigenvalue weighted by atomic mass is 19.3. The summed E-state index contributed by atoms with van der Waals surface area (Å²) in [5.74, 6) is -5.44. The van der Waals surface area contributed by atoms with Crippen molar-refractivity contribution >= 4 is 0 Å². The normalized spacial score (nSPS) is 11.3. The van der Waals surface area contributed by atoms with Gasteiger partial charge in [0.2, 0.25) is 0 Å². The second kappa shape index (κ2) is 13.1. The first-order valence-corrected chi connectivity index (χ1v) is 13.1. The summed E-state index contributed by atoms with van der Waals surface area (Å²) in [4.78, 5) is 0. The van der Waals surface area contributed by atoms with Crippen LogP contribution in [-0.2, 0) is 12.5 Å². The largest absolute Gasteiger partial charge is 0.432 e.